The Morgan fingerprint density at radius 3 is 2.41 bits per heavy atom. The largest absolute Gasteiger partial charge is 0.316 e. The van der Waals surface area contributed by atoms with Gasteiger partial charge >= 0.3 is 0 Å². The summed E-state index contributed by atoms with van der Waals surface area (Å²) in [5.74, 6) is -1.54. The van der Waals surface area contributed by atoms with Crippen molar-refractivity contribution in [1.29, 1.82) is 0 Å². The average Bonchev–Trinajstić information content (AvgIpc) is 2.31. The van der Waals surface area contributed by atoms with Crippen LogP contribution in [0.3, 0.4) is 0 Å². The van der Waals surface area contributed by atoms with E-state index < -0.39 is 11.6 Å². The van der Waals surface area contributed by atoms with Crippen molar-refractivity contribution >= 4 is 0 Å². The van der Waals surface area contributed by atoms with E-state index in [-0.39, 0.29) is 5.41 Å². The van der Waals surface area contributed by atoms with Gasteiger partial charge in [0.15, 0.2) is 11.6 Å². The zero-order valence-electron chi connectivity index (χ0n) is 10.8. The third-order valence-corrected chi connectivity index (χ3v) is 3.27. The van der Waals surface area contributed by atoms with Crippen LogP contribution in [0.5, 0.6) is 0 Å². The van der Waals surface area contributed by atoms with E-state index in [2.05, 4.69) is 26.1 Å². The highest BCUT2D eigenvalue weighted by Gasteiger charge is 2.22. The quantitative estimate of drug-likeness (QED) is 0.803. The lowest BCUT2D eigenvalue weighted by molar-refractivity contribution is 0.292. The van der Waals surface area contributed by atoms with Crippen LogP contribution in [0.1, 0.15) is 32.8 Å². The lowest BCUT2D eigenvalue weighted by Crippen LogP contribution is -2.33. The minimum absolute atomic E-state index is 0.0836. The SMILES string of the molecule is CCNCC(C)(CC)Cc1ccc(F)c(F)c1. The molecular weight excluding hydrogens is 220 g/mol. The van der Waals surface area contributed by atoms with Gasteiger partial charge in [0.05, 0.1) is 0 Å². The zero-order chi connectivity index (χ0) is 12.9. The van der Waals surface area contributed by atoms with E-state index in [1.54, 1.807) is 6.07 Å². The van der Waals surface area contributed by atoms with Gasteiger partial charge in [-0.3, -0.25) is 0 Å². The highest BCUT2D eigenvalue weighted by Crippen LogP contribution is 2.26. The van der Waals surface area contributed by atoms with Crippen LogP contribution in [0.2, 0.25) is 0 Å². The summed E-state index contributed by atoms with van der Waals surface area (Å²) in [6.45, 7) is 8.16. The van der Waals surface area contributed by atoms with Crippen molar-refractivity contribution in [3.63, 3.8) is 0 Å². The van der Waals surface area contributed by atoms with E-state index in [9.17, 15) is 8.78 Å². The van der Waals surface area contributed by atoms with Gasteiger partial charge in [-0.25, -0.2) is 8.78 Å². The highest BCUT2D eigenvalue weighted by molar-refractivity contribution is 5.19. The molecule has 0 amide bonds. The van der Waals surface area contributed by atoms with E-state index in [4.69, 9.17) is 0 Å². The van der Waals surface area contributed by atoms with Crippen molar-refractivity contribution < 1.29 is 8.78 Å². The third-order valence-electron chi connectivity index (χ3n) is 3.27. The van der Waals surface area contributed by atoms with E-state index in [0.29, 0.717) is 0 Å². The fourth-order valence-corrected chi connectivity index (χ4v) is 1.88. The molecule has 0 bridgehead atoms. The van der Waals surface area contributed by atoms with Crippen LogP contribution < -0.4 is 5.32 Å². The molecular formula is C14H21F2N. The summed E-state index contributed by atoms with van der Waals surface area (Å²) in [5, 5.41) is 3.32. The number of hydrogen-bond donors (Lipinski definition) is 1. The second-order valence-electron chi connectivity index (χ2n) is 4.87. The lowest BCUT2D eigenvalue weighted by atomic mass is 9.81. The fraction of sp³-hybridized carbons (Fsp3) is 0.571. The Balaban J connectivity index is 2.76. The molecule has 3 heteroatoms. The van der Waals surface area contributed by atoms with E-state index in [1.165, 1.54) is 12.1 Å². The molecule has 1 unspecified atom stereocenters. The summed E-state index contributed by atoms with van der Waals surface area (Å²) in [6, 6.07) is 4.17. The highest BCUT2D eigenvalue weighted by atomic mass is 19.2. The molecule has 96 valence electrons. The van der Waals surface area contributed by atoms with Gasteiger partial charge in [0.1, 0.15) is 0 Å². The summed E-state index contributed by atoms with van der Waals surface area (Å²) in [6.07, 6.45) is 1.76. The van der Waals surface area contributed by atoms with Crippen LogP contribution >= 0.6 is 0 Å². The second kappa shape index (κ2) is 6.10. The average molecular weight is 241 g/mol. The molecule has 0 saturated carbocycles. The third kappa shape index (κ3) is 4.08. The topological polar surface area (TPSA) is 12.0 Å². The monoisotopic (exact) mass is 241 g/mol. The molecule has 0 aliphatic rings. The molecule has 0 aliphatic heterocycles. The number of hydrogen-bond acceptors (Lipinski definition) is 1. The first-order valence-corrected chi connectivity index (χ1v) is 6.15. The van der Waals surface area contributed by atoms with Gasteiger partial charge in [0, 0.05) is 6.54 Å². The van der Waals surface area contributed by atoms with Gasteiger partial charge in [0.25, 0.3) is 0 Å². The molecule has 17 heavy (non-hydrogen) atoms. The van der Waals surface area contributed by atoms with Gasteiger partial charge in [0.2, 0.25) is 0 Å². The van der Waals surface area contributed by atoms with Crippen molar-refractivity contribution in [2.75, 3.05) is 13.1 Å². The minimum atomic E-state index is -0.779. The van der Waals surface area contributed by atoms with E-state index >= 15 is 0 Å². The van der Waals surface area contributed by atoms with Crippen molar-refractivity contribution in [3.05, 3.63) is 35.4 Å². The van der Waals surface area contributed by atoms with Crippen LogP contribution in [-0.4, -0.2) is 13.1 Å². The van der Waals surface area contributed by atoms with Crippen LogP contribution in [0.25, 0.3) is 0 Å². The predicted molar refractivity (Wildman–Crippen MR) is 67.0 cm³/mol. The number of halogens is 2. The Hall–Kier alpha value is -0.960. The van der Waals surface area contributed by atoms with Crippen LogP contribution in [0.15, 0.2) is 18.2 Å². The molecule has 0 spiro atoms. The Labute approximate surface area is 102 Å². The van der Waals surface area contributed by atoms with Crippen molar-refractivity contribution in [3.8, 4) is 0 Å². The standard InChI is InChI=1S/C14H21F2N/c1-4-14(3,10-17-5-2)9-11-6-7-12(15)13(16)8-11/h6-8,17H,4-5,9-10H2,1-3H3. The van der Waals surface area contributed by atoms with Crippen molar-refractivity contribution in [1.82, 2.24) is 5.32 Å². The normalized spacial score (nSPS) is 14.6. The first-order chi connectivity index (χ1) is 8.00. The molecule has 1 atom stereocenters. The molecule has 0 saturated heterocycles. The summed E-state index contributed by atoms with van der Waals surface area (Å²) in [5.41, 5.74) is 0.937. The van der Waals surface area contributed by atoms with Crippen molar-refractivity contribution in [2.45, 2.75) is 33.6 Å². The van der Waals surface area contributed by atoms with Crippen LogP contribution in [0.4, 0.5) is 8.78 Å². The minimum Gasteiger partial charge on any atom is -0.316 e. The molecule has 0 aliphatic carbocycles. The summed E-state index contributed by atoms with van der Waals surface area (Å²) in [4.78, 5) is 0. The summed E-state index contributed by atoms with van der Waals surface area (Å²) >= 11 is 0. The first-order valence-electron chi connectivity index (χ1n) is 6.15. The molecule has 1 aromatic rings. The van der Waals surface area contributed by atoms with E-state index in [0.717, 1.165) is 31.5 Å². The van der Waals surface area contributed by atoms with Gasteiger partial charge < -0.3 is 5.32 Å². The first kappa shape index (κ1) is 14.1. The molecule has 0 heterocycles. The molecule has 0 aromatic heterocycles. The molecule has 1 N–H and O–H groups in total. The maximum atomic E-state index is 13.1. The molecule has 1 nitrogen and oxygen atoms in total. The second-order valence-corrected chi connectivity index (χ2v) is 4.87. The molecule has 1 aromatic carbocycles. The fourth-order valence-electron chi connectivity index (χ4n) is 1.88. The Bertz CT molecular complexity index is 365. The molecule has 0 radical (unpaired) electrons. The Morgan fingerprint density at radius 2 is 1.88 bits per heavy atom. The zero-order valence-corrected chi connectivity index (χ0v) is 10.8. The van der Waals surface area contributed by atoms with Gasteiger partial charge in [-0.15, -0.1) is 0 Å². The number of nitrogens with one attached hydrogen (secondary N) is 1. The van der Waals surface area contributed by atoms with Crippen LogP contribution in [-0.2, 0) is 6.42 Å². The number of benzene rings is 1. The summed E-state index contributed by atoms with van der Waals surface area (Å²) < 4.78 is 25.9. The summed E-state index contributed by atoms with van der Waals surface area (Å²) in [7, 11) is 0. The van der Waals surface area contributed by atoms with Gasteiger partial charge in [-0.1, -0.05) is 26.8 Å². The Morgan fingerprint density at radius 1 is 1.18 bits per heavy atom. The number of rotatable bonds is 6. The lowest BCUT2D eigenvalue weighted by Gasteiger charge is -2.28. The van der Waals surface area contributed by atoms with E-state index in [1.807, 2.05) is 0 Å². The predicted octanol–water partition coefficient (Wildman–Crippen LogP) is 3.53. The molecule has 1 rings (SSSR count). The smallest absolute Gasteiger partial charge is 0.159 e. The van der Waals surface area contributed by atoms with Gasteiger partial charge in [-0.05, 0) is 42.5 Å². The van der Waals surface area contributed by atoms with Crippen LogP contribution in [0, 0.1) is 17.0 Å². The maximum absolute atomic E-state index is 13.1. The van der Waals surface area contributed by atoms with Crippen molar-refractivity contribution in [2.24, 2.45) is 5.41 Å². The maximum Gasteiger partial charge on any atom is 0.159 e. The van der Waals surface area contributed by atoms with Gasteiger partial charge in [-0.2, -0.15) is 0 Å². The Kier molecular flexibility index (Phi) is 5.06. The molecule has 0 fully saturated rings.